The normalized spacial score (nSPS) is 17.9. The Balaban J connectivity index is 1.34. The Labute approximate surface area is 324 Å². The first-order valence-electron chi connectivity index (χ1n) is 19.4. The maximum absolute atomic E-state index is 14.5. The van der Waals surface area contributed by atoms with Gasteiger partial charge in [-0.2, -0.15) is 0 Å². The number of carbonyl (C=O) groups excluding carboxylic acids is 5. The van der Waals surface area contributed by atoms with Gasteiger partial charge in [0.2, 0.25) is 0 Å². The lowest BCUT2D eigenvalue weighted by Gasteiger charge is -2.33. The molecule has 2 aromatic carbocycles. The van der Waals surface area contributed by atoms with Crippen LogP contribution in [0.4, 0.5) is 10.5 Å². The molecule has 0 N–H and O–H groups in total. The number of rotatable bonds is 17. The van der Waals surface area contributed by atoms with E-state index in [1.165, 1.54) is 30.8 Å². The maximum Gasteiger partial charge on any atom is 0.410 e. The van der Waals surface area contributed by atoms with Crippen LogP contribution in [0.5, 0.6) is 0 Å². The summed E-state index contributed by atoms with van der Waals surface area (Å²) >= 11 is 0. The van der Waals surface area contributed by atoms with Crippen LogP contribution in [-0.2, 0) is 55.9 Å². The summed E-state index contributed by atoms with van der Waals surface area (Å²) in [6.45, 7) is 9.51. The van der Waals surface area contributed by atoms with E-state index in [-0.39, 0.29) is 24.9 Å². The van der Waals surface area contributed by atoms with Gasteiger partial charge >= 0.3 is 24.0 Å². The molecule has 2 saturated carbocycles. The number of likely N-dealkylation sites (N-methyl/N-ethyl adjacent to an activating group) is 2. The molecule has 0 aromatic heterocycles. The highest BCUT2D eigenvalue weighted by molar-refractivity contribution is 5.90. The summed E-state index contributed by atoms with van der Waals surface area (Å²) in [5, 5.41) is 0. The van der Waals surface area contributed by atoms with Crippen LogP contribution in [0, 0.1) is 11.8 Å². The van der Waals surface area contributed by atoms with Gasteiger partial charge in [-0.25, -0.2) is 19.2 Å². The molecule has 0 bridgehead atoms. The zero-order valence-electron chi connectivity index (χ0n) is 33.1. The van der Waals surface area contributed by atoms with Crippen molar-refractivity contribution in [3.63, 3.8) is 0 Å². The van der Waals surface area contributed by atoms with Gasteiger partial charge in [-0.3, -0.25) is 9.69 Å². The van der Waals surface area contributed by atoms with Crippen molar-refractivity contribution in [3.8, 4) is 0 Å². The van der Waals surface area contributed by atoms with E-state index in [0.717, 1.165) is 55.6 Å². The molecular formula is C42H57N3O10. The zero-order valence-corrected chi connectivity index (χ0v) is 33.1. The number of ether oxygens (including phenoxy) is 5. The molecule has 2 amide bonds. The zero-order chi connectivity index (χ0) is 39.7. The van der Waals surface area contributed by atoms with Crippen molar-refractivity contribution in [2.75, 3.05) is 45.3 Å². The van der Waals surface area contributed by atoms with E-state index in [1.54, 1.807) is 20.8 Å². The topological polar surface area (TPSA) is 141 Å². The summed E-state index contributed by atoms with van der Waals surface area (Å²) in [5.41, 5.74) is 1.76. The predicted octanol–water partition coefficient (Wildman–Crippen LogP) is 5.32. The van der Waals surface area contributed by atoms with Gasteiger partial charge in [0.05, 0.1) is 13.2 Å². The molecule has 1 aliphatic heterocycles. The highest BCUT2D eigenvalue weighted by Gasteiger charge is 2.42. The van der Waals surface area contributed by atoms with Crippen molar-refractivity contribution in [2.24, 2.45) is 11.8 Å². The lowest BCUT2D eigenvalue weighted by atomic mass is 10.0. The van der Waals surface area contributed by atoms with Crippen LogP contribution in [0.3, 0.4) is 0 Å². The average molecular weight is 764 g/mol. The second-order valence-electron chi connectivity index (χ2n) is 16.0. The third kappa shape index (κ3) is 12.7. The van der Waals surface area contributed by atoms with Crippen LogP contribution in [0.15, 0.2) is 54.6 Å². The van der Waals surface area contributed by atoms with Crippen LogP contribution in [0.25, 0.3) is 0 Å². The number of esters is 3. The second-order valence-corrected chi connectivity index (χ2v) is 16.0. The third-order valence-corrected chi connectivity index (χ3v) is 10.1. The van der Waals surface area contributed by atoms with Crippen molar-refractivity contribution < 1.29 is 47.7 Å². The van der Waals surface area contributed by atoms with E-state index < -0.39 is 59.8 Å². The number of hydrogen-bond acceptors (Lipinski definition) is 11. The fraction of sp³-hybridized carbons (Fsp3) is 0.595. The minimum Gasteiger partial charge on any atom is -0.458 e. The summed E-state index contributed by atoms with van der Waals surface area (Å²) in [6, 6.07) is 14.9. The number of benzene rings is 2. The summed E-state index contributed by atoms with van der Waals surface area (Å²) in [4.78, 5) is 73.0. The van der Waals surface area contributed by atoms with E-state index in [0.29, 0.717) is 26.1 Å². The molecule has 13 heteroatoms. The number of amides is 2. The molecule has 0 radical (unpaired) electrons. The lowest BCUT2D eigenvalue weighted by Crippen LogP contribution is -2.52. The van der Waals surface area contributed by atoms with Crippen molar-refractivity contribution in [3.05, 3.63) is 65.7 Å². The van der Waals surface area contributed by atoms with Crippen LogP contribution in [0.2, 0.25) is 0 Å². The number of hydrogen-bond donors (Lipinski definition) is 0. The summed E-state index contributed by atoms with van der Waals surface area (Å²) < 4.78 is 28.1. The Morgan fingerprint density at radius 3 is 1.89 bits per heavy atom. The Bertz CT molecular complexity index is 1610. The molecule has 4 atom stereocenters. The van der Waals surface area contributed by atoms with Gasteiger partial charge in [-0.1, -0.05) is 68.1 Å². The Morgan fingerprint density at radius 2 is 1.33 bits per heavy atom. The number of anilines is 1. The molecule has 3 aliphatic rings. The molecule has 2 aromatic rings. The molecule has 3 fully saturated rings. The van der Waals surface area contributed by atoms with Crippen LogP contribution >= 0.6 is 0 Å². The standard InChI is InChI=1S/C42H57N3O10/c1-28(38(47)52-27-32-10-8-7-9-11-32)53-39(48)34(24-29-12-13-29)43(5)37(46)36(26-31-16-18-33(19-17-31)45-20-22-51-23-21-45)54-40(49)35(25-30-14-15-30)44(6)41(50)55-42(2,3)4/h7-11,16-19,28-30,34-36H,12-15,20-27H2,1-6H3/t28-,34+,35+,36-/m1/s1. The molecule has 0 unspecified atom stereocenters. The average Bonchev–Trinajstić information content (AvgIpc) is 4.11. The predicted molar refractivity (Wildman–Crippen MR) is 204 cm³/mol. The summed E-state index contributed by atoms with van der Waals surface area (Å²) in [5.74, 6) is -2.34. The first-order valence-corrected chi connectivity index (χ1v) is 19.4. The first-order chi connectivity index (χ1) is 26.2. The van der Waals surface area contributed by atoms with Crippen LogP contribution < -0.4 is 4.90 Å². The second kappa shape index (κ2) is 18.8. The van der Waals surface area contributed by atoms with E-state index >= 15 is 0 Å². The fourth-order valence-corrected chi connectivity index (χ4v) is 6.43. The molecule has 13 nitrogen and oxygen atoms in total. The highest BCUT2D eigenvalue weighted by Crippen LogP contribution is 2.36. The smallest absolute Gasteiger partial charge is 0.410 e. The van der Waals surface area contributed by atoms with Gasteiger partial charge < -0.3 is 33.5 Å². The van der Waals surface area contributed by atoms with Gasteiger partial charge in [0.15, 0.2) is 12.2 Å². The molecular weight excluding hydrogens is 706 g/mol. The Morgan fingerprint density at radius 1 is 0.764 bits per heavy atom. The largest absolute Gasteiger partial charge is 0.458 e. The molecule has 1 saturated heterocycles. The molecule has 5 rings (SSSR count). The molecule has 2 aliphatic carbocycles. The molecule has 55 heavy (non-hydrogen) atoms. The Kier molecular flexibility index (Phi) is 14.2. The van der Waals surface area contributed by atoms with Crippen molar-refractivity contribution in [1.82, 2.24) is 9.80 Å². The van der Waals surface area contributed by atoms with Gasteiger partial charge in [0.25, 0.3) is 5.91 Å². The summed E-state index contributed by atoms with van der Waals surface area (Å²) in [6.07, 6.45) is 1.15. The monoisotopic (exact) mass is 763 g/mol. The minimum absolute atomic E-state index is 0.0246. The summed E-state index contributed by atoms with van der Waals surface area (Å²) in [7, 11) is 3.00. The van der Waals surface area contributed by atoms with E-state index in [1.807, 2.05) is 54.6 Å². The lowest BCUT2D eigenvalue weighted by molar-refractivity contribution is -0.174. The molecule has 1 heterocycles. The highest BCUT2D eigenvalue weighted by atomic mass is 16.6. The van der Waals surface area contributed by atoms with Gasteiger partial charge in [0.1, 0.15) is 24.3 Å². The van der Waals surface area contributed by atoms with E-state index in [4.69, 9.17) is 23.7 Å². The van der Waals surface area contributed by atoms with Crippen LogP contribution in [-0.4, -0.2) is 110 Å². The van der Waals surface area contributed by atoms with Gasteiger partial charge in [0, 0.05) is 39.3 Å². The Hall–Kier alpha value is -4.65. The number of carbonyl (C=O) groups is 5. The van der Waals surface area contributed by atoms with Gasteiger partial charge in [-0.05, 0) is 75.6 Å². The SMILES string of the molecule is C[C@@H](OC(=O)[C@H](CC1CC1)N(C)C(=O)[C@@H](Cc1ccc(N2CCOCC2)cc1)OC(=O)[C@H](CC1CC1)N(C)C(=O)OC(C)(C)C)C(=O)OCc1ccccc1. The van der Waals surface area contributed by atoms with Gasteiger partial charge in [-0.15, -0.1) is 0 Å². The minimum atomic E-state index is -1.33. The first kappa shape index (κ1) is 41.5. The quantitative estimate of drug-likeness (QED) is 0.153. The van der Waals surface area contributed by atoms with E-state index in [9.17, 15) is 24.0 Å². The fourth-order valence-electron chi connectivity index (χ4n) is 6.43. The number of morpholine rings is 1. The molecule has 300 valence electrons. The van der Waals surface area contributed by atoms with Crippen molar-refractivity contribution >= 4 is 35.6 Å². The number of nitrogens with zero attached hydrogens (tertiary/aromatic N) is 3. The van der Waals surface area contributed by atoms with Crippen molar-refractivity contribution in [2.45, 2.75) is 109 Å². The molecule has 0 spiro atoms. The maximum atomic E-state index is 14.5. The third-order valence-electron chi connectivity index (χ3n) is 10.1. The van der Waals surface area contributed by atoms with Crippen molar-refractivity contribution in [1.29, 1.82) is 0 Å². The van der Waals surface area contributed by atoms with Crippen LogP contribution in [0.1, 0.15) is 77.3 Å². The van der Waals surface area contributed by atoms with E-state index in [2.05, 4.69) is 4.90 Å².